The van der Waals surface area contributed by atoms with E-state index in [1.807, 2.05) is 4.90 Å². The maximum atomic E-state index is 12.8. The van der Waals surface area contributed by atoms with Gasteiger partial charge in [-0.25, -0.2) is 4.98 Å². The predicted molar refractivity (Wildman–Crippen MR) is 104 cm³/mol. The summed E-state index contributed by atoms with van der Waals surface area (Å²) in [5.41, 5.74) is -0.881. The minimum absolute atomic E-state index is 0.0297. The number of aliphatic imine (C=N–C) groups is 1. The molecule has 1 atom stereocenters. The van der Waals surface area contributed by atoms with Crippen LogP contribution < -0.4 is 20.9 Å². The lowest BCUT2D eigenvalue weighted by atomic mass is 10.2. The molecule has 2 rings (SSSR count). The van der Waals surface area contributed by atoms with Crippen LogP contribution in [0.5, 0.6) is 0 Å². The van der Waals surface area contributed by atoms with Crippen molar-refractivity contribution in [2.75, 3.05) is 51.8 Å². The first-order chi connectivity index (χ1) is 13.7. The zero-order valence-corrected chi connectivity index (χ0v) is 16.9. The van der Waals surface area contributed by atoms with Gasteiger partial charge in [0, 0.05) is 46.0 Å². The summed E-state index contributed by atoms with van der Waals surface area (Å²) in [6, 6.07) is 0.853. The van der Waals surface area contributed by atoms with Crippen LogP contribution in [0.3, 0.4) is 0 Å². The molecule has 162 valence electrons. The number of alkyl halides is 3. The van der Waals surface area contributed by atoms with Gasteiger partial charge in [0.05, 0.1) is 23.7 Å². The molecule has 0 aromatic carbocycles. The van der Waals surface area contributed by atoms with Crippen LogP contribution in [0.4, 0.5) is 19.0 Å². The van der Waals surface area contributed by atoms with Crippen molar-refractivity contribution in [1.29, 1.82) is 0 Å². The molecule has 0 radical (unpaired) electrons. The molecule has 3 N–H and O–H groups in total. The van der Waals surface area contributed by atoms with Gasteiger partial charge in [-0.2, -0.15) is 13.2 Å². The third kappa shape index (κ3) is 6.93. The number of pyridine rings is 1. The van der Waals surface area contributed by atoms with Gasteiger partial charge in [-0.3, -0.25) is 9.79 Å². The molecule has 29 heavy (non-hydrogen) atoms. The number of ether oxygens (including phenoxy) is 1. The molecule has 1 aromatic heterocycles. The van der Waals surface area contributed by atoms with Crippen molar-refractivity contribution in [3.05, 3.63) is 22.8 Å². The zero-order valence-electron chi connectivity index (χ0n) is 16.1. The van der Waals surface area contributed by atoms with Crippen LogP contribution in [0.25, 0.3) is 0 Å². The van der Waals surface area contributed by atoms with Gasteiger partial charge in [-0.05, 0) is 12.5 Å². The van der Waals surface area contributed by atoms with Crippen molar-refractivity contribution >= 4 is 29.3 Å². The molecule has 1 aliphatic rings. The van der Waals surface area contributed by atoms with E-state index in [9.17, 15) is 18.0 Å². The first-order valence-electron chi connectivity index (χ1n) is 8.95. The number of halogens is 4. The number of nitrogens with one attached hydrogen (secondary N) is 3. The molecule has 0 saturated carbocycles. The fourth-order valence-corrected chi connectivity index (χ4v) is 3.08. The third-order valence-corrected chi connectivity index (χ3v) is 4.52. The quantitative estimate of drug-likeness (QED) is 0.339. The van der Waals surface area contributed by atoms with Crippen LogP contribution >= 0.6 is 11.6 Å². The van der Waals surface area contributed by atoms with Crippen molar-refractivity contribution in [2.45, 2.75) is 18.6 Å². The van der Waals surface area contributed by atoms with Gasteiger partial charge in [0.1, 0.15) is 5.82 Å². The topological polar surface area (TPSA) is 90.9 Å². The van der Waals surface area contributed by atoms with Gasteiger partial charge >= 0.3 is 6.18 Å². The Hall–Kier alpha value is -2.27. The smallest absolute Gasteiger partial charge is 0.383 e. The Kier molecular flexibility index (Phi) is 8.32. The number of carbonyl (C=O) groups is 1. The molecule has 1 amide bonds. The normalized spacial score (nSPS) is 17.4. The second-order valence-corrected chi connectivity index (χ2v) is 6.78. The summed E-state index contributed by atoms with van der Waals surface area (Å²) in [6.07, 6.45) is -3.00. The largest absolute Gasteiger partial charge is 0.417 e. The first kappa shape index (κ1) is 23.0. The summed E-state index contributed by atoms with van der Waals surface area (Å²) < 4.78 is 43.1. The predicted octanol–water partition coefficient (Wildman–Crippen LogP) is 1.26. The number of hydrogen-bond donors (Lipinski definition) is 3. The van der Waals surface area contributed by atoms with Gasteiger partial charge in [0.25, 0.3) is 0 Å². The van der Waals surface area contributed by atoms with Gasteiger partial charge in [-0.1, -0.05) is 11.6 Å². The van der Waals surface area contributed by atoms with Gasteiger partial charge in [0.15, 0.2) is 5.96 Å². The summed E-state index contributed by atoms with van der Waals surface area (Å²) in [7, 11) is 3.13. The Morgan fingerprint density at radius 2 is 2.21 bits per heavy atom. The summed E-state index contributed by atoms with van der Waals surface area (Å²) >= 11 is 6.02. The molecule has 1 aliphatic heterocycles. The molecular weight excluding hydrogens is 413 g/mol. The number of methoxy groups -OCH3 is 1. The van der Waals surface area contributed by atoms with Crippen LogP contribution in [0, 0.1) is 0 Å². The van der Waals surface area contributed by atoms with Crippen molar-refractivity contribution in [3.63, 3.8) is 0 Å². The number of hydrogen-bond acceptors (Lipinski definition) is 5. The van der Waals surface area contributed by atoms with Crippen molar-refractivity contribution in [1.82, 2.24) is 20.9 Å². The Labute approximate surface area is 171 Å². The molecule has 8 nitrogen and oxygen atoms in total. The Balaban J connectivity index is 1.86. The molecule has 1 aromatic rings. The van der Waals surface area contributed by atoms with Gasteiger partial charge in [-0.15, -0.1) is 0 Å². The lowest BCUT2D eigenvalue weighted by molar-refractivity contribution is -0.137. The summed E-state index contributed by atoms with van der Waals surface area (Å²) in [5, 5.41) is 8.74. The van der Waals surface area contributed by atoms with E-state index in [0.29, 0.717) is 44.4 Å². The minimum Gasteiger partial charge on any atom is -0.383 e. The molecule has 1 saturated heterocycles. The van der Waals surface area contributed by atoms with Gasteiger partial charge in [0.2, 0.25) is 5.91 Å². The van der Waals surface area contributed by atoms with Crippen LogP contribution in [-0.4, -0.2) is 69.8 Å². The monoisotopic (exact) mass is 436 g/mol. The van der Waals surface area contributed by atoms with Crippen molar-refractivity contribution < 1.29 is 22.7 Å². The Bertz CT molecular complexity index is 732. The molecule has 0 aliphatic carbocycles. The van der Waals surface area contributed by atoms with Gasteiger partial charge < -0.3 is 25.6 Å². The maximum Gasteiger partial charge on any atom is 0.417 e. The minimum atomic E-state index is -4.49. The van der Waals surface area contributed by atoms with Crippen LogP contribution in [0.2, 0.25) is 5.02 Å². The fraction of sp³-hybridized carbons (Fsp3) is 0.588. The zero-order chi connectivity index (χ0) is 21.4. The lowest BCUT2D eigenvalue weighted by Gasteiger charge is -2.21. The van der Waals surface area contributed by atoms with E-state index >= 15 is 0 Å². The molecule has 0 bridgehead atoms. The number of guanidine groups is 1. The molecular formula is C17H24ClF3N6O2. The second kappa shape index (κ2) is 10.5. The summed E-state index contributed by atoms with van der Waals surface area (Å²) in [4.78, 5) is 21.5. The number of rotatable bonds is 7. The Morgan fingerprint density at radius 3 is 2.83 bits per heavy atom. The number of nitrogens with zero attached hydrogens (tertiary/aromatic N) is 3. The Morgan fingerprint density at radius 1 is 1.45 bits per heavy atom. The highest BCUT2D eigenvalue weighted by Crippen LogP contribution is 2.34. The average molecular weight is 437 g/mol. The van der Waals surface area contributed by atoms with E-state index in [1.54, 1.807) is 14.2 Å². The highest BCUT2D eigenvalue weighted by Gasteiger charge is 2.33. The SMILES string of the molecule is CN=C(NCC(=O)NCCOC)NC1CCN(c2ncc(C(F)(F)F)cc2Cl)C1. The van der Waals surface area contributed by atoms with E-state index in [1.165, 1.54) is 0 Å². The first-order valence-corrected chi connectivity index (χ1v) is 9.33. The molecule has 2 heterocycles. The van der Waals surface area contributed by atoms with E-state index in [4.69, 9.17) is 16.3 Å². The molecule has 12 heteroatoms. The maximum absolute atomic E-state index is 12.8. The van der Waals surface area contributed by atoms with Crippen LogP contribution in [0.15, 0.2) is 17.3 Å². The lowest BCUT2D eigenvalue weighted by Crippen LogP contribution is -2.47. The molecule has 1 unspecified atom stereocenters. The second-order valence-electron chi connectivity index (χ2n) is 6.37. The van der Waals surface area contributed by atoms with Crippen molar-refractivity contribution in [2.24, 2.45) is 4.99 Å². The number of anilines is 1. The molecule has 1 fully saturated rings. The van der Waals surface area contributed by atoms with E-state index in [-0.39, 0.29) is 23.5 Å². The van der Waals surface area contributed by atoms with Crippen molar-refractivity contribution in [3.8, 4) is 0 Å². The highest BCUT2D eigenvalue weighted by molar-refractivity contribution is 6.33. The summed E-state index contributed by atoms with van der Waals surface area (Å²) in [5.74, 6) is 0.563. The number of aromatic nitrogens is 1. The van der Waals surface area contributed by atoms with Crippen LogP contribution in [-0.2, 0) is 15.7 Å². The van der Waals surface area contributed by atoms with E-state index < -0.39 is 11.7 Å². The van der Waals surface area contributed by atoms with Crippen LogP contribution in [0.1, 0.15) is 12.0 Å². The van der Waals surface area contributed by atoms with E-state index in [2.05, 4.69) is 25.9 Å². The number of carbonyl (C=O) groups excluding carboxylic acids is 1. The summed E-state index contributed by atoms with van der Waals surface area (Å²) in [6.45, 7) is 1.95. The number of amides is 1. The van der Waals surface area contributed by atoms with E-state index in [0.717, 1.165) is 12.3 Å². The third-order valence-electron chi connectivity index (χ3n) is 4.25. The molecule has 0 spiro atoms. The fourth-order valence-electron chi connectivity index (χ4n) is 2.80. The standard InChI is InChI=1S/C17H24ClF3N6O2/c1-22-16(25-9-14(28)23-4-6-29-2)26-12-3-5-27(10-12)15-13(18)7-11(8-24-15)17(19,20)21/h7-8,12H,3-6,9-10H2,1-2H3,(H,23,28)(H2,22,25,26). The highest BCUT2D eigenvalue weighted by atomic mass is 35.5. The average Bonchev–Trinajstić information content (AvgIpc) is 3.12.